The van der Waals surface area contributed by atoms with Crippen molar-refractivity contribution in [2.75, 3.05) is 11.8 Å². The average Bonchev–Trinajstić information content (AvgIpc) is 3.33. The topological polar surface area (TPSA) is 135 Å². The summed E-state index contributed by atoms with van der Waals surface area (Å²) in [6.45, 7) is 2.00. The quantitative estimate of drug-likeness (QED) is 0.239. The first-order chi connectivity index (χ1) is 17.2. The first-order valence-corrected chi connectivity index (χ1v) is 13.7. The highest BCUT2D eigenvalue weighted by molar-refractivity contribution is 7.87. The molecule has 0 fully saturated rings. The van der Waals surface area contributed by atoms with E-state index >= 15 is 0 Å². The number of nitrogens with one attached hydrogen (secondary N) is 2. The van der Waals surface area contributed by atoms with Crippen LogP contribution in [0.25, 0.3) is 0 Å². The second-order valence-electron chi connectivity index (χ2n) is 8.23. The van der Waals surface area contributed by atoms with Crippen molar-refractivity contribution in [2.24, 2.45) is 5.92 Å². The van der Waals surface area contributed by atoms with E-state index in [4.69, 9.17) is 9.29 Å². The number of methoxy groups -OCH3 is 1. The van der Waals surface area contributed by atoms with Crippen molar-refractivity contribution in [1.82, 2.24) is 10.3 Å². The lowest BCUT2D eigenvalue weighted by molar-refractivity contribution is -0.144. The van der Waals surface area contributed by atoms with Gasteiger partial charge in [-0.2, -0.15) is 8.42 Å². The molecular formula is C25H29N3O6S2. The Bertz CT molecular complexity index is 1260. The predicted molar refractivity (Wildman–Crippen MR) is 138 cm³/mol. The van der Waals surface area contributed by atoms with Crippen LogP contribution >= 0.6 is 11.3 Å². The molecule has 1 amide bonds. The molecule has 192 valence electrons. The van der Waals surface area contributed by atoms with E-state index in [0.717, 1.165) is 22.6 Å². The molecule has 0 spiro atoms. The third-order valence-electron chi connectivity index (χ3n) is 5.52. The molecule has 0 saturated heterocycles. The SMILES string of the molecule is CCc1nc([C@H](Cc2ccc(NS(=O)(=O)O)cc2)NC(=O)[C@@H](CC(=O)OC)Cc2ccccc2)cs1. The second-order valence-corrected chi connectivity index (χ2v) is 10.3. The number of hydrogen-bond acceptors (Lipinski definition) is 7. The minimum atomic E-state index is -4.37. The zero-order chi connectivity index (χ0) is 26.1. The first kappa shape index (κ1) is 27.3. The van der Waals surface area contributed by atoms with Crippen molar-refractivity contribution in [3.8, 4) is 0 Å². The van der Waals surface area contributed by atoms with Crippen molar-refractivity contribution < 1.29 is 27.3 Å². The molecule has 0 bridgehead atoms. The summed E-state index contributed by atoms with van der Waals surface area (Å²) < 4.78 is 37.9. The normalized spacial score (nSPS) is 13.0. The van der Waals surface area contributed by atoms with Gasteiger partial charge in [0.15, 0.2) is 0 Å². The minimum absolute atomic E-state index is 0.0583. The van der Waals surface area contributed by atoms with Crippen LogP contribution in [0.4, 0.5) is 5.69 Å². The van der Waals surface area contributed by atoms with E-state index < -0.39 is 28.2 Å². The lowest BCUT2D eigenvalue weighted by Crippen LogP contribution is -2.37. The van der Waals surface area contributed by atoms with Gasteiger partial charge >= 0.3 is 16.3 Å². The molecule has 36 heavy (non-hydrogen) atoms. The van der Waals surface area contributed by atoms with Crippen LogP contribution in [0.5, 0.6) is 0 Å². The molecule has 0 aliphatic heterocycles. The third-order valence-corrected chi connectivity index (χ3v) is 7.03. The molecule has 1 heterocycles. The Morgan fingerprint density at radius 1 is 1.06 bits per heavy atom. The summed E-state index contributed by atoms with van der Waals surface area (Å²) >= 11 is 1.51. The van der Waals surface area contributed by atoms with E-state index in [1.54, 1.807) is 12.1 Å². The molecule has 0 radical (unpaired) electrons. The molecule has 11 heteroatoms. The van der Waals surface area contributed by atoms with E-state index in [1.165, 1.54) is 30.6 Å². The molecular weight excluding hydrogens is 502 g/mol. The van der Waals surface area contributed by atoms with Gasteiger partial charge in [0, 0.05) is 5.38 Å². The van der Waals surface area contributed by atoms with Gasteiger partial charge in [0.2, 0.25) is 5.91 Å². The Morgan fingerprint density at radius 2 is 1.72 bits per heavy atom. The fourth-order valence-electron chi connectivity index (χ4n) is 3.70. The van der Waals surface area contributed by atoms with E-state index in [2.05, 4.69) is 10.3 Å². The monoisotopic (exact) mass is 531 g/mol. The van der Waals surface area contributed by atoms with Crippen LogP contribution in [-0.4, -0.2) is 36.9 Å². The summed E-state index contributed by atoms with van der Waals surface area (Å²) in [6, 6.07) is 15.5. The average molecular weight is 532 g/mol. The number of nitrogens with zero attached hydrogens (tertiary/aromatic N) is 1. The molecule has 9 nitrogen and oxygen atoms in total. The van der Waals surface area contributed by atoms with Gasteiger partial charge in [0.05, 0.1) is 41.9 Å². The Hall–Kier alpha value is -3.28. The van der Waals surface area contributed by atoms with Gasteiger partial charge < -0.3 is 10.1 Å². The van der Waals surface area contributed by atoms with Crippen molar-refractivity contribution >= 4 is 39.2 Å². The molecule has 3 N–H and O–H groups in total. The number of aryl methyl sites for hydroxylation is 1. The van der Waals surface area contributed by atoms with Gasteiger partial charge in [-0.1, -0.05) is 49.4 Å². The second kappa shape index (κ2) is 12.6. The number of carbonyl (C=O) groups excluding carboxylic acids is 2. The molecule has 3 aromatic rings. The van der Waals surface area contributed by atoms with Crippen LogP contribution in [0.3, 0.4) is 0 Å². The molecule has 2 aromatic carbocycles. The smallest absolute Gasteiger partial charge is 0.357 e. The molecule has 2 atom stereocenters. The van der Waals surface area contributed by atoms with Crippen LogP contribution in [-0.2, 0) is 43.9 Å². The summed E-state index contributed by atoms with van der Waals surface area (Å²) in [7, 11) is -3.08. The summed E-state index contributed by atoms with van der Waals surface area (Å²) in [4.78, 5) is 30.1. The van der Waals surface area contributed by atoms with E-state index in [1.807, 2.05) is 47.4 Å². The third kappa shape index (κ3) is 8.43. The molecule has 1 aromatic heterocycles. The Balaban J connectivity index is 1.82. The minimum Gasteiger partial charge on any atom is -0.469 e. The number of carbonyl (C=O) groups is 2. The van der Waals surface area contributed by atoms with E-state index in [0.29, 0.717) is 18.5 Å². The standard InChI is InChI=1S/C25H29N3O6S2/c1-3-23-26-22(16-35-23)21(14-18-9-11-20(12-10-18)28-36(31,32)33)27-25(30)19(15-24(29)34-2)13-17-7-5-4-6-8-17/h4-12,16,19,21,28H,3,13-15H2,1-2H3,(H,27,30)(H,31,32,33)/t19-,21+/m1/s1. The molecule has 0 aliphatic carbocycles. The van der Waals surface area contributed by atoms with Crippen LogP contribution in [0.2, 0.25) is 0 Å². The Morgan fingerprint density at radius 3 is 2.31 bits per heavy atom. The number of aromatic nitrogens is 1. The van der Waals surface area contributed by atoms with Crippen LogP contribution in [0.15, 0.2) is 60.0 Å². The summed E-state index contributed by atoms with van der Waals surface area (Å²) in [5.41, 5.74) is 2.67. The number of esters is 1. The van der Waals surface area contributed by atoms with E-state index in [9.17, 15) is 18.0 Å². The van der Waals surface area contributed by atoms with Crippen LogP contribution in [0.1, 0.15) is 41.2 Å². The molecule has 0 saturated carbocycles. The maximum atomic E-state index is 13.4. The number of amides is 1. The van der Waals surface area contributed by atoms with Gasteiger partial charge in [0.1, 0.15) is 0 Å². The van der Waals surface area contributed by atoms with Crippen LogP contribution < -0.4 is 10.0 Å². The number of rotatable bonds is 12. The fourth-order valence-corrected chi connectivity index (χ4v) is 4.93. The van der Waals surface area contributed by atoms with Gasteiger partial charge in [-0.25, -0.2) is 4.98 Å². The Kier molecular flexibility index (Phi) is 9.57. The van der Waals surface area contributed by atoms with Gasteiger partial charge in [-0.3, -0.25) is 18.9 Å². The molecule has 0 aliphatic rings. The highest BCUT2D eigenvalue weighted by atomic mass is 32.2. The van der Waals surface area contributed by atoms with E-state index in [-0.39, 0.29) is 18.0 Å². The maximum Gasteiger partial charge on any atom is 0.357 e. The summed E-state index contributed by atoms with van der Waals surface area (Å²) in [5.74, 6) is -1.38. The number of thiazole rings is 1. The Labute approximate surface area is 214 Å². The summed E-state index contributed by atoms with van der Waals surface area (Å²) in [5, 5.41) is 5.91. The zero-order valence-electron chi connectivity index (χ0n) is 20.0. The largest absolute Gasteiger partial charge is 0.469 e. The number of ether oxygens (including phenoxy) is 1. The van der Waals surface area contributed by atoms with Crippen LogP contribution in [0, 0.1) is 5.92 Å². The lowest BCUT2D eigenvalue weighted by atomic mass is 9.94. The zero-order valence-corrected chi connectivity index (χ0v) is 21.6. The molecule has 3 rings (SSSR count). The lowest BCUT2D eigenvalue weighted by Gasteiger charge is -2.22. The predicted octanol–water partition coefficient (Wildman–Crippen LogP) is 3.74. The van der Waals surface area contributed by atoms with Crippen molar-refractivity contribution in [2.45, 2.75) is 38.6 Å². The number of hydrogen-bond donors (Lipinski definition) is 3. The molecule has 0 unspecified atom stereocenters. The van der Waals surface area contributed by atoms with Gasteiger partial charge in [-0.15, -0.1) is 11.3 Å². The van der Waals surface area contributed by atoms with Crippen molar-refractivity contribution in [3.63, 3.8) is 0 Å². The maximum absolute atomic E-state index is 13.4. The van der Waals surface area contributed by atoms with Gasteiger partial charge in [0.25, 0.3) is 0 Å². The highest BCUT2D eigenvalue weighted by Gasteiger charge is 2.27. The van der Waals surface area contributed by atoms with Crippen molar-refractivity contribution in [1.29, 1.82) is 0 Å². The van der Waals surface area contributed by atoms with Crippen molar-refractivity contribution in [3.05, 3.63) is 81.8 Å². The van der Waals surface area contributed by atoms with Gasteiger partial charge in [-0.05, 0) is 42.5 Å². The highest BCUT2D eigenvalue weighted by Crippen LogP contribution is 2.24. The number of benzene rings is 2. The fraction of sp³-hybridized carbons (Fsp3) is 0.320. The number of anilines is 1. The summed E-state index contributed by atoms with van der Waals surface area (Å²) in [6.07, 6.45) is 1.47. The first-order valence-electron chi connectivity index (χ1n) is 11.4.